The largest absolute Gasteiger partial charge is 0.333 e. The molecule has 10 heteroatoms. The average Bonchev–Trinajstić information content (AvgIpc) is 3.22. The fraction of sp³-hybridized carbons (Fsp3) is 0.625. The van der Waals surface area contributed by atoms with E-state index in [1.54, 1.807) is 16.4 Å². The van der Waals surface area contributed by atoms with Gasteiger partial charge in [0.15, 0.2) is 5.82 Å². The second-order valence-corrected chi connectivity index (χ2v) is 10.4. The first-order valence-electron chi connectivity index (χ1n) is 8.62. The minimum atomic E-state index is -3.45. The molecule has 1 saturated carbocycles. The molecule has 2 aliphatic rings. The van der Waals surface area contributed by atoms with Crippen molar-refractivity contribution in [3.05, 3.63) is 18.0 Å². The quantitative estimate of drug-likeness (QED) is 0.818. The maximum absolute atomic E-state index is 12.8. The maximum atomic E-state index is 12.8. The van der Waals surface area contributed by atoms with Gasteiger partial charge in [0.25, 0.3) is 15.9 Å². The van der Waals surface area contributed by atoms with Gasteiger partial charge in [0, 0.05) is 13.1 Å². The predicted octanol–water partition coefficient (Wildman–Crippen LogP) is 2.98. The molecule has 0 spiro atoms. The first-order valence-corrected chi connectivity index (χ1v) is 10.9. The highest BCUT2D eigenvalue weighted by molar-refractivity contribution is 7.91. The molecule has 26 heavy (non-hydrogen) atoms. The lowest BCUT2D eigenvalue weighted by Gasteiger charge is -2.34. The van der Waals surface area contributed by atoms with Crippen LogP contribution in [0.1, 0.15) is 44.9 Å². The number of sulfonamides is 1. The van der Waals surface area contributed by atoms with Crippen LogP contribution in [0.25, 0.3) is 10.8 Å². The number of hydrogen-bond donors (Lipinski definition) is 1. The van der Waals surface area contributed by atoms with E-state index in [9.17, 15) is 8.42 Å². The minimum absolute atomic E-state index is 0. The zero-order valence-electron chi connectivity index (χ0n) is 14.6. The van der Waals surface area contributed by atoms with E-state index in [1.807, 2.05) is 0 Å². The summed E-state index contributed by atoms with van der Waals surface area (Å²) in [5.41, 5.74) is 5.73. The van der Waals surface area contributed by atoms with Crippen molar-refractivity contribution in [1.29, 1.82) is 0 Å². The van der Waals surface area contributed by atoms with Crippen molar-refractivity contribution in [2.45, 2.75) is 48.8 Å². The van der Waals surface area contributed by atoms with E-state index in [-0.39, 0.29) is 12.4 Å². The number of aromatic nitrogens is 2. The van der Waals surface area contributed by atoms with Gasteiger partial charge < -0.3 is 10.3 Å². The van der Waals surface area contributed by atoms with Crippen molar-refractivity contribution >= 4 is 33.8 Å². The summed E-state index contributed by atoms with van der Waals surface area (Å²) in [6.07, 6.45) is 4.58. The van der Waals surface area contributed by atoms with E-state index < -0.39 is 15.6 Å². The molecule has 0 aromatic carbocycles. The second-order valence-electron chi connectivity index (χ2n) is 7.14. The highest BCUT2D eigenvalue weighted by atomic mass is 35.5. The first-order chi connectivity index (χ1) is 11.9. The lowest BCUT2D eigenvalue weighted by Crippen LogP contribution is -2.44. The van der Waals surface area contributed by atoms with Crippen molar-refractivity contribution in [2.75, 3.05) is 13.1 Å². The fourth-order valence-corrected chi connectivity index (χ4v) is 6.09. The van der Waals surface area contributed by atoms with E-state index in [2.05, 4.69) is 17.1 Å². The Balaban J connectivity index is 0.00000196. The highest BCUT2D eigenvalue weighted by Gasteiger charge is 2.39. The van der Waals surface area contributed by atoms with E-state index in [1.165, 1.54) is 11.3 Å². The third kappa shape index (κ3) is 3.43. The first kappa shape index (κ1) is 19.8. The van der Waals surface area contributed by atoms with E-state index in [4.69, 9.17) is 10.3 Å². The van der Waals surface area contributed by atoms with Crippen LogP contribution in [0.15, 0.2) is 20.9 Å². The van der Waals surface area contributed by atoms with Crippen molar-refractivity contribution in [3.63, 3.8) is 0 Å². The van der Waals surface area contributed by atoms with Crippen LogP contribution in [0, 0.1) is 5.92 Å². The number of nitrogens with two attached hydrogens (primary N) is 1. The van der Waals surface area contributed by atoms with Crippen molar-refractivity contribution in [3.8, 4) is 10.8 Å². The molecule has 0 unspecified atom stereocenters. The molecule has 0 radical (unpaired) electrons. The van der Waals surface area contributed by atoms with Crippen LogP contribution in [0.3, 0.4) is 0 Å². The van der Waals surface area contributed by atoms with Gasteiger partial charge >= 0.3 is 0 Å². The zero-order valence-corrected chi connectivity index (χ0v) is 17.0. The van der Waals surface area contributed by atoms with Crippen LogP contribution in [0.4, 0.5) is 0 Å². The molecule has 2 aromatic rings. The van der Waals surface area contributed by atoms with Gasteiger partial charge in [-0.1, -0.05) is 12.1 Å². The SMILES string of the molecule is CC1CCN(S(=O)(=O)c2ccc(-c3nc(C4(N)CCC4)no3)s2)CC1.Cl. The molecule has 4 rings (SSSR count). The summed E-state index contributed by atoms with van der Waals surface area (Å²) in [7, 11) is -3.45. The molecule has 0 atom stereocenters. The Morgan fingerprint density at radius 3 is 2.62 bits per heavy atom. The van der Waals surface area contributed by atoms with Gasteiger partial charge in [-0.15, -0.1) is 23.7 Å². The number of thiophene rings is 1. The molecule has 7 nitrogen and oxygen atoms in total. The Bertz CT molecular complexity index is 868. The summed E-state index contributed by atoms with van der Waals surface area (Å²) in [4.78, 5) is 5.05. The summed E-state index contributed by atoms with van der Waals surface area (Å²) in [5, 5.41) is 3.99. The summed E-state index contributed by atoms with van der Waals surface area (Å²) in [6, 6.07) is 3.35. The summed E-state index contributed by atoms with van der Waals surface area (Å²) < 4.78 is 32.8. The van der Waals surface area contributed by atoms with Gasteiger partial charge in [0.2, 0.25) is 0 Å². The smallest absolute Gasteiger partial charge is 0.268 e. The molecule has 1 aliphatic heterocycles. The molecule has 1 saturated heterocycles. The Kier molecular flexibility index (Phi) is 5.47. The monoisotopic (exact) mass is 418 g/mol. The Hall–Kier alpha value is -1.00. The number of halogens is 1. The summed E-state index contributed by atoms with van der Waals surface area (Å²) in [6.45, 7) is 3.32. The molecule has 1 aliphatic carbocycles. The normalized spacial score (nSPS) is 21.2. The lowest BCUT2D eigenvalue weighted by molar-refractivity contribution is 0.229. The summed E-state index contributed by atoms with van der Waals surface area (Å²) in [5.74, 6) is 1.43. The second kappa shape index (κ2) is 7.20. The topological polar surface area (TPSA) is 102 Å². The van der Waals surface area contributed by atoms with Gasteiger partial charge in [-0.2, -0.15) is 9.29 Å². The Morgan fingerprint density at radius 1 is 1.31 bits per heavy atom. The van der Waals surface area contributed by atoms with Crippen LogP contribution >= 0.6 is 23.7 Å². The average molecular weight is 419 g/mol. The minimum Gasteiger partial charge on any atom is -0.333 e. The molecule has 2 aromatic heterocycles. The summed E-state index contributed by atoms with van der Waals surface area (Å²) >= 11 is 1.17. The molecular formula is C16H23ClN4O3S2. The van der Waals surface area contributed by atoms with Crippen molar-refractivity contribution < 1.29 is 12.9 Å². The number of piperidine rings is 1. The fourth-order valence-electron chi connectivity index (χ4n) is 3.23. The van der Waals surface area contributed by atoms with Gasteiger partial charge in [0.05, 0.1) is 10.4 Å². The standard InChI is InChI=1S/C16H22N4O3S2.ClH/c1-11-5-9-20(10-6-11)25(21,22)13-4-3-12(24-13)14-18-15(19-23-14)16(17)7-2-8-16;/h3-4,11H,2,5-10,17H2,1H3;1H. The van der Waals surface area contributed by atoms with Gasteiger partial charge in [-0.05, 0) is 50.2 Å². The maximum Gasteiger partial charge on any atom is 0.268 e. The van der Waals surface area contributed by atoms with Crippen molar-refractivity contribution in [1.82, 2.24) is 14.4 Å². The molecule has 144 valence electrons. The Labute approximate surface area is 163 Å². The number of hydrogen-bond acceptors (Lipinski definition) is 7. The van der Waals surface area contributed by atoms with Crippen LogP contribution < -0.4 is 5.73 Å². The molecule has 0 amide bonds. The van der Waals surface area contributed by atoms with Crippen LogP contribution in [-0.4, -0.2) is 36.0 Å². The highest BCUT2D eigenvalue weighted by Crippen LogP contribution is 2.39. The third-order valence-electron chi connectivity index (χ3n) is 5.25. The van der Waals surface area contributed by atoms with Crippen LogP contribution in [0.5, 0.6) is 0 Å². The van der Waals surface area contributed by atoms with E-state index >= 15 is 0 Å². The van der Waals surface area contributed by atoms with E-state index in [0.717, 1.165) is 32.1 Å². The third-order valence-corrected chi connectivity index (χ3v) is 8.69. The van der Waals surface area contributed by atoms with Gasteiger partial charge in [0.1, 0.15) is 4.21 Å². The molecular weight excluding hydrogens is 396 g/mol. The van der Waals surface area contributed by atoms with Crippen LogP contribution in [0.2, 0.25) is 0 Å². The lowest BCUT2D eigenvalue weighted by atomic mass is 9.77. The molecule has 2 N–H and O–H groups in total. The van der Waals surface area contributed by atoms with Crippen molar-refractivity contribution in [2.24, 2.45) is 11.7 Å². The molecule has 3 heterocycles. The number of rotatable bonds is 4. The molecule has 0 bridgehead atoms. The van der Waals surface area contributed by atoms with Crippen LogP contribution in [-0.2, 0) is 15.6 Å². The van der Waals surface area contributed by atoms with Gasteiger partial charge in [-0.25, -0.2) is 8.42 Å². The van der Waals surface area contributed by atoms with Gasteiger partial charge in [-0.3, -0.25) is 0 Å². The zero-order chi connectivity index (χ0) is 17.7. The molecule has 2 fully saturated rings. The Morgan fingerprint density at radius 2 is 2.00 bits per heavy atom. The predicted molar refractivity (Wildman–Crippen MR) is 102 cm³/mol. The number of nitrogens with zero attached hydrogens (tertiary/aromatic N) is 3. The van der Waals surface area contributed by atoms with E-state index in [0.29, 0.717) is 39.8 Å².